The number of aryl methyl sites for hydroxylation is 2. The number of hydrogen-bond donors (Lipinski definition) is 0. The first-order chi connectivity index (χ1) is 13.5. The van der Waals surface area contributed by atoms with Crippen molar-refractivity contribution in [3.05, 3.63) is 71.3 Å². The highest BCUT2D eigenvalue weighted by molar-refractivity contribution is 7.89. The van der Waals surface area contributed by atoms with Crippen LogP contribution in [0.25, 0.3) is 6.08 Å². The Hall–Kier alpha value is -1.73. The Balaban J connectivity index is 2.31. The van der Waals surface area contributed by atoms with Crippen molar-refractivity contribution >= 4 is 57.0 Å². The smallest absolute Gasteiger partial charge is 0.424 e. The zero-order chi connectivity index (χ0) is 21.7. The third-order valence-electron chi connectivity index (χ3n) is 3.93. The van der Waals surface area contributed by atoms with Gasteiger partial charge in [-0.2, -0.15) is 4.31 Å². The summed E-state index contributed by atoms with van der Waals surface area (Å²) in [5.74, 6) is 0. The molecule has 0 saturated heterocycles. The average molecular weight is 477 g/mol. The van der Waals surface area contributed by atoms with Gasteiger partial charge in [0.1, 0.15) is 6.61 Å². The summed E-state index contributed by atoms with van der Waals surface area (Å²) in [4.78, 5) is 12.5. The molecule has 2 aromatic rings. The molecule has 0 spiro atoms. The van der Waals surface area contributed by atoms with Crippen LogP contribution < -0.4 is 0 Å². The van der Waals surface area contributed by atoms with Gasteiger partial charge in [0.05, 0.1) is 11.4 Å². The van der Waals surface area contributed by atoms with Gasteiger partial charge in [0, 0.05) is 0 Å². The van der Waals surface area contributed by atoms with E-state index < -0.39 is 26.5 Å². The van der Waals surface area contributed by atoms with Crippen LogP contribution in [0.4, 0.5) is 4.79 Å². The second-order valence-corrected chi connectivity index (χ2v) is 10.7. The third-order valence-corrected chi connectivity index (χ3v) is 6.00. The van der Waals surface area contributed by atoms with Crippen LogP contribution in [0.3, 0.4) is 0 Å². The lowest BCUT2D eigenvalue weighted by atomic mass is 10.1. The zero-order valence-corrected chi connectivity index (χ0v) is 18.9. The van der Waals surface area contributed by atoms with E-state index in [-0.39, 0.29) is 11.4 Å². The van der Waals surface area contributed by atoms with Crippen LogP contribution in [0.2, 0.25) is 0 Å². The van der Waals surface area contributed by atoms with E-state index in [0.717, 1.165) is 16.7 Å². The Morgan fingerprint density at radius 3 is 2.28 bits per heavy atom. The van der Waals surface area contributed by atoms with Gasteiger partial charge in [0.2, 0.25) is 3.79 Å². The van der Waals surface area contributed by atoms with E-state index in [1.165, 1.54) is 12.1 Å². The van der Waals surface area contributed by atoms with E-state index in [2.05, 4.69) is 0 Å². The molecule has 2 rings (SSSR count). The Morgan fingerprint density at radius 1 is 1.07 bits per heavy atom. The fourth-order valence-electron chi connectivity index (χ4n) is 2.37. The Morgan fingerprint density at radius 2 is 1.69 bits per heavy atom. The molecule has 2 aromatic carbocycles. The molecule has 0 radical (unpaired) electrons. The number of carbonyl (C=O) groups excluding carboxylic acids is 1. The lowest BCUT2D eigenvalue weighted by molar-refractivity contribution is 0.130. The number of alkyl halides is 3. The van der Waals surface area contributed by atoms with Gasteiger partial charge in [-0.3, -0.25) is 0 Å². The summed E-state index contributed by atoms with van der Waals surface area (Å²) in [6.07, 6.45) is 2.16. The molecule has 29 heavy (non-hydrogen) atoms. The predicted octanol–water partition coefficient (Wildman–Crippen LogP) is 5.51. The predicted molar refractivity (Wildman–Crippen MR) is 117 cm³/mol. The maximum atomic E-state index is 13.0. The molecule has 0 aliphatic heterocycles. The van der Waals surface area contributed by atoms with E-state index in [1.807, 2.05) is 38.1 Å². The SMILES string of the molecule is Cc1ccc(S(=O)(=O)N(C/C=C/c2ccccc2C)C(=O)OCC(Cl)(Cl)Cl)cc1. The summed E-state index contributed by atoms with van der Waals surface area (Å²) < 4.78 is 29.7. The average Bonchev–Trinajstić information content (AvgIpc) is 2.64. The molecule has 0 unspecified atom stereocenters. The molecule has 9 heteroatoms. The van der Waals surface area contributed by atoms with Crippen molar-refractivity contribution < 1.29 is 17.9 Å². The van der Waals surface area contributed by atoms with E-state index in [9.17, 15) is 13.2 Å². The number of amides is 1. The Labute approximate surface area is 185 Å². The molecule has 0 bridgehead atoms. The minimum Gasteiger partial charge on any atom is -0.444 e. The molecule has 0 fully saturated rings. The normalized spacial score (nSPS) is 12.2. The van der Waals surface area contributed by atoms with Crippen LogP contribution in [0.1, 0.15) is 16.7 Å². The molecule has 0 aromatic heterocycles. The van der Waals surface area contributed by atoms with Crippen molar-refractivity contribution in [3.63, 3.8) is 0 Å². The summed E-state index contributed by atoms with van der Waals surface area (Å²) in [5.41, 5.74) is 2.79. The standard InChI is InChI=1S/C20H20Cl3NO4S/c1-15-9-11-18(12-10-15)29(26,27)24(19(25)28-14-20(21,22)23)13-5-8-17-7-4-3-6-16(17)2/h3-12H,13-14H2,1-2H3/b8-5+. The number of ether oxygens (including phenoxy) is 1. The van der Waals surface area contributed by atoms with Gasteiger partial charge in [-0.05, 0) is 37.1 Å². The quantitative estimate of drug-likeness (QED) is 0.515. The highest BCUT2D eigenvalue weighted by Gasteiger charge is 2.32. The number of benzene rings is 2. The topological polar surface area (TPSA) is 63.7 Å². The fourth-order valence-corrected chi connectivity index (χ4v) is 3.80. The summed E-state index contributed by atoms with van der Waals surface area (Å²) >= 11 is 16.8. The lowest BCUT2D eigenvalue weighted by Crippen LogP contribution is -2.38. The molecule has 156 valence electrons. The van der Waals surface area contributed by atoms with E-state index >= 15 is 0 Å². The Bertz CT molecular complexity index is 984. The Kier molecular flexibility index (Phi) is 8.00. The number of rotatable bonds is 6. The molecule has 5 nitrogen and oxygen atoms in total. The highest BCUT2D eigenvalue weighted by Crippen LogP contribution is 2.27. The lowest BCUT2D eigenvalue weighted by Gasteiger charge is -2.22. The number of sulfonamides is 1. The second-order valence-electron chi connectivity index (χ2n) is 6.28. The van der Waals surface area contributed by atoms with Crippen molar-refractivity contribution in [2.24, 2.45) is 0 Å². The molecular weight excluding hydrogens is 457 g/mol. The van der Waals surface area contributed by atoms with Crippen molar-refractivity contribution in [3.8, 4) is 0 Å². The first kappa shape index (κ1) is 23.5. The number of hydrogen-bond acceptors (Lipinski definition) is 4. The van der Waals surface area contributed by atoms with Crippen molar-refractivity contribution in [1.82, 2.24) is 4.31 Å². The fraction of sp³-hybridized carbons (Fsp3) is 0.250. The third kappa shape index (κ3) is 6.93. The summed E-state index contributed by atoms with van der Waals surface area (Å²) in [7, 11) is -4.17. The van der Waals surface area contributed by atoms with E-state index in [0.29, 0.717) is 4.31 Å². The van der Waals surface area contributed by atoms with Crippen LogP contribution >= 0.6 is 34.8 Å². The van der Waals surface area contributed by atoms with Crippen LogP contribution in [0.15, 0.2) is 59.5 Å². The second kappa shape index (κ2) is 9.85. The number of nitrogens with zero attached hydrogens (tertiary/aromatic N) is 1. The zero-order valence-electron chi connectivity index (χ0n) is 15.8. The number of carbonyl (C=O) groups is 1. The number of halogens is 3. The van der Waals surface area contributed by atoms with Gasteiger partial charge in [-0.25, -0.2) is 13.2 Å². The van der Waals surface area contributed by atoms with Crippen LogP contribution in [0, 0.1) is 13.8 Å². The monoisotopic (exact) mass is 475 g/mol. The minimum atomic E-state index is -4.17. The summed E-state index contributed by atoms with van der Waals surface area (Å²) in [5, 5.41) is 0. The van der Waals surface area contributed by atoms with Gasteiger partial charge in [-0.15, -0.1) is 0 Å². The van der Waals surface area contributed by atoms with Gasteiger partial charge in [-0.1, -0.05) is 88.9 Å². The van der Waals surface area contributed by atoms with Crippen LogP contribution in [-0.4, -0.2) is 35.8 Å². The molecule has 0 N–H and O–H groups in total. The van der Waals surface area contributed by atoms with Crippen LogP contribution in [-0.2, 0) is 14.8 Å². The molecule has 0 aliphatic carbocycles. The minimum absolute atomic E-state index is 0.0433. The largest absolute Gasteiger partial charge is 0.444 e. The molecule has 1 amide bonds. The van der Waals surface area contributed by atoms with Gasteiger partial charge >= 0.3 is 6.09 Å². The van der Waals surface area contributed by atoms with Crippen molar-refractivity contribution in [2.45, 2.75) is 22.5 Å². The van der Waals surface area contributed by atoms with Gasteiger partial charge in [0.15, 0.2) is 0 Å². The van der Waals surface area contributed by atoms with E-state index in [4.69, 9.17) is 39.5 Å². The molecule has 0 saturated carbocycles. The molecular formula is C20H20Cl3NO4S. The first-order valence-corrected chi connectivity index (χ1v) is 11.1. The van der Waals surface area contributed by atoms with Gasteiger partial charge in [0.25, 0.3) is 10.0 Å². The molecule has 0 heterocycles. The van der Waals surface area contributed by atoms with Crippen molar-refractivity contribution in [1.29, 1.82) is 0 Å². The maximum Gasteiger partial charge on any atom is 0.424 e. The summed E-state index contributed by atoms with van der Waals surface area (Å²) in [6.45, 7) is 2.92. The summed E-state index contributed by atoms with van der Waals surface area (Å²) in [6, 6.07) is 13.7. The maximum absolute atomic E-state index is 13.0. The van der Waals surface area contributed by atoms with Crippen LogP contribution in [0.5, 0.6) is 0 Å². The first-order valence-electron chi connectivity index (χ1n) is 8.56. The van der Waals surface area contributed by atoms with Gasteiger partial charge < -0.3 is 4.74 Å². The molecule has 0 atom stereocenters. The van der Waals surface area contributed by atoms with E-state index in [1.54, 1.807) is 24.3 Å². The molecule has 0 aliphatic rings. The van der Waals surface area contributed by atoms with Crippen molar-refractivity contribution in [2.75, 3.05) is 13.2 Å². The highest BCUT2D eigenvalue weighted by atomic mass is 35.6.